The van der Waals surface area contributed by atoms with E-state index >= 15 is 0 Å². The van der Waals surface area contributed by atoms with Crippen molar-refractivity contribution in [3.8, 4) is 0 Å². The highest BCUT2D eigenvalue weighted by Gasteiger charge is 2.16. The maximum atomic E-state index is 12.1. The molecule has 5 heteroatoms. The van der Waals surface area contributed by atoms with Gasteiger partial charge in [0.1, 0.15) is 0 Å². The van der Waals surface area contributed by atoms with Crippen molar-refractivity contribution in [2.45, 2.75) is 44.4 Å². The minimum absolute atomic E-state index is 0.0225. The van der Waals surface area contributed by atoms with Crippen molar-refractivity contribution in [1.29, 1.82) is 0 Å². The Kier molecular flexibility index (Phi) is 4.84. The average Bonchev–Trinajstić information content (AvgIpc) is 2.90. The Bertz CT molecular complexity index is 670. The number of nitrogens with one attached hydrogen (secondary N) is 1. The minimum atomic E-state index is 0.0225. The molecule has 0 radical (unpaired) electrons. The number of thioether (sulfide) groups is 1. The fourth-order valence-electron chi connectivity index (χ4n) is 2.51. The van der Waals surface area contributed by atoms with E-state index in [4.69, 9.17) is 0 Å². The third kappa shape index (κ3) is 3.70. The highest BCUT2D eigenvalue weighted by atomic mass is 32.2. The standard InChI is InChI=1S/C17H20N2OS2/c1-11-7-8-13(9-12(11)2)21-10-16(20)19-17-18-14-5-3-4-6-15(14)22-17/h7-9H,3-6,10H2,1-2H3,(H,18,19,20). The van der Waals surface area contributed by atoms with Crippen LogP contribution in [0.3, 0.4) is 0 Å². The highest BCUT2D eigenvalue weighted by molar-refractivity contribution is 8.00. The Morgan fingerprint density at radius 3 is 2.86 bits per heavy atom. The quantitative estimate of drug-likeness (QED) is 0.845. The fourth-order valence-corrected chi connectivity index (χ4v) is 4.37. The first-order valence-corrected chi connectivity index (χ1v) is 9.40. The van der Waals surface area contributed by atoms with Crippen LogP contribution in [0.2, 0.25) is 0 Å². The molecule has 1 aromatic heterocycles. The summed E-state index contributed by atoms with van der Waals surface area (Å²) in [6.45, 7) is 4.19. The number of aryl methyl sites for hydroxylation is 4. The van der Waals surface area contributed by atoms with Gasteiger partial charge in [-0.1, -0.05) is 6.07 Å². The third-order valence-corrected chi connectivity index (χ3v) is 6.01. The van der Waals surface area contributed by atoms with Crippen molar-refractivity contribution < 1.29 is 4.79 Å². The average molecular weight is 332 g/mol. The summed E-state index contributed by atoms with van der Waals surface area (Å²) >= 11 is 3.21. The molecule has 0 saturated carbocycles. The topological polar surface area (TPSA) is 42.0 Å². The summed E-state index contributed by atoms with van der Waals surface area (Å²) in [4.78, 5) is 19.1. The zero-order chi connectivity index (χ0) is 15.5. The molecular weight excluding hydrogens is 312 g/mol. The Morgan fingerprint density at radius 1 is 1.27 bits per heavy atom. The number of carbonyl (C=O) groups excluding carboxylic acids is 1. The molecule has 3 nitrogen and oxygen atoms in total. The molecule has 116 valence electrons. The molecule has 1 aliphatic rings. The number of rotatable bonds is 4. The molecule has 22 heavy (non-hydrogen) atoms. The Hall–Kier alpha value is -1.33. The molecule has 1 aromatic carbocycles. The van der Waals surface area contributed by atoms with Gasteiger partial charge in [-0.15, -0.1) is 23.1 Å². The van der Waals surface area contributed by atoms with Gasteiger partial charge >= 0.3 is 0 Å². The summed E-state index contributed by atoms with van der Waals surface area (Å²) in [6.07, 6.45) is 4.62. The first kappa shape index (κ1) is 15.6. The van der Waals surface area contributed by atoms with Crippen molar-refractivity contribution in [1.82, 2.24) is 4.98 Å². The molecule has 0 atom stereocenters. The van der Waals surface area contributed by atoms with Gasteiger partial charge in [-0.3, -0.25) is 4.79 Å². The number of aromatic nitrogens is 1. The summed E-state index contributed by atoms with van der Waals surface area (Å²) in [7, 11) is 0. The Labute approximate surface area is 139 Å². The summed E-state index contributed by atoms with van der Waals surface area (Å²) < 4.78 is 0. The predicted octanol–water partition coefficient (Wildman–Crippen LogP) is 4.37. The van der Waals surface area contributed by atoms with E-state index in [-0.39, 0.29) is 5.91 Å². The lowest BCUT2D eigenvalue weighted by molar-refractivity contribution is -0.113. The summed E-state index contributed by atoms with van der Waals surface area (Å²) in [5, 5.41) is 3.70. The van der Waals surface area contributed by atoms with Crippen molar-refractivity contribution in [3.63, 3.8) is 0 Å². The zero-order valence-corrected chi connectivity index (χ0v) is 14.6. The molecule has 0 unspecified atom stereocenters. The second-order valence-corrected chi connectivity index (χ2v) is 7.81. The molecule has 1 heterocycles. The van der Waals surface area contributed by atoms with Gasteiger partial charge in [0, 0.05) is 9.77 Å². The van der Waals surface area contributed by atoms with E-state index in [1.807, 2.05) is 0 Å². The number of thiazole rings is 1. The Morgan fingerprint density at radius 2 is 2.09 bits per heavy atom. The third-order valence-electron chi connectivity index (χ3n) is 3.94. The lowest BCUT2D eigenvalue weighted by atomic mass is 10.0. The van der Waals surface area contributed by atoms with Crippen LogP contribution in [-0.2, 0) is 17.6 Å². The van der Waals surface area contributed by atoms with Crippen molar-refractivity contribution >= 4 is 34.1 Å². The maximum Gasteiger partial charge on any atom is 0.236 e. The molecule has 0 bridgehead atoms. The van der Waals surface area contributed by atoms with Gasteiger partial charge in [0.25, 0.3) is 0 Å². The summed E-state index contributed by atoms with van der Waals surface area (Å²) in [5.74, 6) is 0.446. The maximum absolute atomic E-state index is 12.1. The molecule has 1 aliphatic carbocycles. The van der Waals surface area contributed by atoms with Crippen LogP contribution < -0.4 is 5.32 Å². The van der Waals surface area contributed by atoms with Crippen LogP contribution in [0.25, 0.3) is 0 Å². The second kappa shape index (κ2) is 6.84. The van der Waals surface area contributed by atoms with E-state index < -0.39 is 0 Å². The highest BCUT2D eigenvalue weighted by Crippen LogP contribution is 2.29. The smallest absolute Gasteiger partial charge is 0.236 e. The van der Waals surface area contributed by atoms with Gasteiger partial charge in [-0.2, -0.15) is 0 Å². The lowest BCUT2D eigenvalue weighted by Gasteiger charge is -2.06. The fraction of sp³-hybridized carbons (Fsp3) is 0.412. The summed E-state index contributed by atoms with van der Waals surface area (Å²) in [5.41, 5.74) is 3.73. The summed E-state index contributed by atoms with van der Waals surface area (Å²) in [6, 6.07) is 6.31. The molecule has 3 rings (SSSR count). The normalized spacial score (nSPS) is 13.7. The van der Waals surface area contributed by atoms with Gasteiger partial charge < -0.3 is 5.32 Å². The second-order valence-electron chi connectivity index (χ2n) is 5.68. The van der Waals surface area contributed by atoms with Crippen molar-refractivity contribution in [2.24, 2.45) is 0 Å². The van der Waals surface area contributed by atoms with E-state index in [0.717, 1.165) is 22.9 Å². The number of benzene rings is 1. The molecule has 0 aliphatic heterocycles. The number of hydrogen-bond acceptors (Lipinski definition) is 4. The number of anilines is 1. The molecule has 2 aromatic rings. The van der Waals surface area contributed by atoms with E-state index in [2.05, 4.69) is 42.3 Å². The van der Waals surface area contributed by atoms with Gasteiger partial charge in [0.05, 0.1) is 11.4 Å². The van der Waals surface area contributed by atoms with Crippen LogP contribution in [0.1, 0.15) is 34.5 Å². The van der Waals surface area contributed by atoms with Crippen molar-refractivity contribution in [2.75, 3.05) is 11.1 Å². The number of nitrogens with zero attached hydrogens (tertiary/aromatic N) is 1. The molecule has 0 spiro atoms. The van der Waals surface area contributed by atoms with Gasteiger partial charge in [0.15, 0.2) is 5.13 Å². The van der Waals surface area contributed by atoms with Crippen LogP contribution >= 0.6 is 23.1 Å². The molecule has 0 saturated heterocycles. The minimum Gasteiger partial charge on any atom is -0.301 e. The monoisotopic (exact) mass is 332 g/mol. The van der Waals surface area contributed by atoms with E-state index in [0.29, 0.717) is 5.75 Å². The number of amides is 1. The van der Waals surface area contributed by atoms with Crippen LogP contribution in [0, 0.1) is 13.8 Å². The molecule has 1 N–H and O–H groups in total. The van der Waals surface area contributed by atoms with Gasteiger partial charge in [0.2, 0.25) is 5.91 Å². The molecule has 1 amide bonds. The number of hydrogen-bond donors (Lipinski definition) is 1. The SMILES string of the molecule is Cc1ccc(SCC(=O)Nc2nc3c(s2)CCCC3)cc1C. The van der Waals surface area contributed by atoms with Crippen LogP contribution in [0.4, 0.5) is 5.13 Å². The Balaban J connectivity index is 1.56. The van der Waals surface area contributed by atoms with Crippen LogP contribution in [0.15, 0.2) is 23.1 Å². The predicted molar refractivity (Wildman–Crippen MR) is 94.0 cm³/mol. The number of fused-ring (bicyclic) bond motifs is 1. The molecular formula is C17H20N2OS2. The number of carbonyl (C=O) groups is 1. The van der Waals surface area contributed by atoms with Gasteiger partial charge in [-0.05, 0) is 62.8 Å². The zero-order valence-electron chi connectivity index (χ0n) is 12.9. The largest absolute Gasteiger partial charge is 0.301 e. The van der Waals surface area contributed by atoms with E-state index in [1.165, 1.54) is 34.5 Å². The van der Waals surface area contributed by atoms with Gasteiger partial charge in [-0.25, -0.2) is 4.98 Å². The first-order chi connectivity index (χ1) is 10.6. The van der Waals surface area contributed by atoms with E-state index in [1.54, 1.807) is 23.1 Å². The van der Waals surface area contributed by atoms with Crippen LogP contribution in [0.5, 0.6) is 0 Å². The van der Waals surface area contributed by atoms with Crippen LogP contribution in [-0.4, -0.2) is 16.6 Å². The first-order valence-electron chi connectivity index (χ1n) is 7.60. The van der Waals surface area contributed by atoms with Crippen molar-refractivity contribution in [3.05, 3.63) is 39.9 Å². The molecule has 0 fully saturated rings. The lowest BCUT2D eigenvalue weighted by Crippen LogP contribution is -2.13. The van der Waals surface area contributed by atoms with E-state index in [9.17, 15) is 4.79 Å².